The van der Waals surface area contributed by atoms with E-state index in [0.717, 1.165) is 42.7 Å². The van der Waals surface area contributed by atoms with Gasteiger partial charge >= 0.3 is 0 Å². The van der Waals surface area contributed by atoms with Gasteiger partial charge in [-0.1, -0.05) is 0 Å². The minimum Gasteiger partial charge on any atom is -0.371 e. The molecular weight excluding hydrogens is 402 g/mol. The Balaban J connectivity index is 1.38. The van der Waals surface area contributed by atoms with Crippen LogP contribution in [-0.4, -0.2) is 68.4 Å². The van der Waals surface area contributed by atoms with Gasteiger partial charge in [0.15, 0.2) is 5.82 Å². The number of hydrogen-bond acceptors (Lipinski definition) is 6. The van der Waals surface area contributed by atoms with Crippen LogP contribution in [-0.2, 0) is 0 Å². The summed E-state index contributed by atoms with van der Waals surface area (Å²) in [7, 11) is 4.30. The smallest absolute Gasteiger partial charge is 0.228 e. The lowest BCUT2D eigenvalue weighted by atomic mass is 10.0. The van der Waals surface area contributed by atoms with Gasteiger partial charge < -0.3 is 14.8 Å². The predicted octanol–water partition coefficient (Wildman–Crippen LogP) is 3.21. The predicted molar refractivity (Wildman–Crippen MR) is 125 cm³/mol. The van der Waals surface area contributed by atoms with Crippen molar-refractivity contribution in [2.45, 2.75) is 25.8 Å². The van der Waals surface area contributed by atoms with Gasteiger partial charge in [0, 0.05) is 42.8 Å². The maximum atomic E-state index is 13.1. The number of pyridine rings is 1. The van der Waals surface area contributed by atoms with Gasteiger partial charge in [0.05, 0.1) is 16.7 Å². The van der Waals surface area contributed by atoms with Crippen molar-refractivity contribution in [2.24, 2.45) is 0 Å². The lowest BCUT2D eigenvalue weighted by Gasteiger charge is -2.36. The molecule has 8 nitrogen and oxygen atoms in total. The van der Waals surface area contributed by atoms with Crippen LogP contribution >= 0.6 is 0 Å². The number of piperidine rings is 1. The van der Waals surface area contributed by atoms with E-state index in [2.05, 4.69) is 56.0 Å². The maximum absolute atomic E-state index is 13.1. The molecule has 1 N–H and O–H groups in total. The van der Waals surface area contributed by atoms with Crippen LogP contribution in [0.2, 0.25) is 0 Å². The summed E-state index contributed by atoms with van der Waals surface area (Å²) in [6, 6.07) is 10.3. The number of aromatic nitrogens is 5. The van der Waals surface area contributed by atoms with E-state index in [4.69, 9.17) is 0 Å². The highest BCUT2D eigenvalue weighted by Crippen LogP contribution is 2.25. The number of imidazole rings is 2. The molecule has 5 rings (SSSR count). The van der Waals surface area contributed by atoms with Gasteiger partial charge in [-0.2, -0.15) is 0 Å². The van der Waals surface area contributed by atoms with Crippen LogP contribution in [0.4, 0.5) is 5.69 Å². The first-order chi connectivity index (χ1) is 15.5. The first kappa shape index (κ1) is 20.4. The molecule has 0 aliphatic carbocycles. The molecule has 8 heteroatoms. The van der Waals surface area contributed by atoms with Crippen LogP contribution in [0, 0.1) is 6.92 Å². The summed E-state index contributed by atoms with van der Waals surface area (Å²) >= 11 is 0. The molecule has 0 bridgehead atoms. The molecule has 0 amide bonds. The van der Waals surface area contributed by atoms with Crippen LogP contribution in [0.5, 0.6) is 0 Å². The number of anilines is 1. The zero-order valence-electron chi connectivity index (χ0n) is 18.6. The third kappa shape index (κ3) is 3.89. The second-order valence-electron chi connectivity index (χ2n) is 8.62. The Morgan fingerprint density at radius 3 is 2.66 bits per heavy atom. The summed E-state index contributed by atoms with van der Waals surface area (Å²) in [4.78, 5) is 34.2. The van der Waals surface area contributed by atoms with E-state index >= 15 is 0 Å². The van der Waals surface area contributed by atoms with Crippen molar-refractivity contribution in [2.75, 3.05) is 32.1 Å². The average molecular weight is 430 g/mol. The standard InChI is InChI=1S/C24H27N7O/c1-16-14-31(15-26-16)22-12-17(6-9-25-22)23(32)24-27-20-5-4-19(13-21(20)28-24)30-10-7-18(8-11-30)29(2)3/h4-6,9,12-15,18H,7-8,10-11H2,1-3H3,(H,27,28). The molecule has 0 unspecified atom stereocenters. The highest BCUT2D eigenvalue weighted by Gasteiger charge is 2.21. The molecule has 4 aromatic rings. The van der Waals surface area contributed by atoms with Crippen LogP contribution < -0.4 is 4.90 Å². The molecule has 1 aromatic carbocycles. The lowest BCUT2D eigenvalue weighted by molar-refractivity contribution is 0.103. The quantitative estimate of drug-likeness (QED) is 0.491. The number of ketones is 1. The Morgan fingerprint density at radius 1 is 1.12 bits per heavy atom. The van der Waals surface area contributed by atoms with Gasteiger partial charge in [0.2, 0.25) is 5.78 Å². The molecule has 1 saturated heterocycles. The first-order valence-corrected chi connectivity index (χ1v) is 10.9. The number of nitrogens with one attached hydrogen (secondary N) is 1. The molecular formula is C24H27N7O. The number of benzene rings is 1. The lowest BCUT2D eigenvalue weighted by Crippen LogP contribution is -2.41. The molecule has 0 saturated carbocycles. The minimum absolute atomic E-state index is 0.157. The van der Waals surface area contributed by atoms with Crippen molar-refractivity contribution in [1.82, 2.24) is 29.4 Å². The van der Waals surface area contributed by atoms with Crippen LogP contribution in [0.1, 0.15) is 34.7 Å². The summed E-state index contributed by atoms with van der Waals surface area (Å²) < 4.78 is 1.80. The van der Waals surface area contributed by atoms with Crippen molar-refractivity contribution < 1.29 is 4.79 Å². The van der Waals surface area contributed by atoms with Gasteiger partial charge in [-0.15, -0.1) is 0 Å². The summed E-state index contributed by atoms with van der Waals surface area (Å²) in [5.74, 6) is 0.827. The summed E-state index contributed by atoms with van der Waals surface area (Å²) in [6.45, 7) is 3.97. The minimum atomic E-state index is -0.157. The number of nitrogens with zero attached hydrogens (tertiary/aromatic N) is 6. The summed E-state index contributed by atoms with van der Waals surface area (Å²) in [5, 5.41) is 0. The first-order valence-electron chi connectivity index (χ1n) is 10.9. The van der Waals surface area contributed by atoms with Crippen molar-refractivity contribution >= 4 is 22.5 Å². The number of hydrogen-bond donors (Lipinski definition) is 1. The summed E-state index contributed by atoms with van der Waals surface area (Å²) in [5.41, 5.74) is 4.26. The van der Waals surface area contributed by atoms with Crippen molar-refractivity contribution in [3.05, 3.63) is 66.1 Å². The zero-order valence-corrected chi connectivity index (χ0v) is 18.6. The van der Waals surface area contributed by atoms with Gasteiger partial charge in [-0.3, -0.25) is 9.36 Å². The molecule has 0 radical (unpaired) electrons. The van der Waals surface area contributed by atoms with Gasteiger partial charge in [0.1, 0.15) is 12.1 Å². The highest BCUT2D eigenvalue weighted by molar-refractivity contribution is 6.08. The van der Waals surface area contributed by atoms with Crippen molar-refractivity contribution in [1.29, 1.82) is 0 Å². The molecule has 164 valence electrons. The Hall–Kier alpha value is -3.52. The molecule has 1 aliphatic heterocycles. The molecule has 32 heavy (non-hydrogen) atoms. The van der Waals surface area contributed by atoms with E-state index in [9.17, 15) is 4.79 Å². The molecule has 3 aromatic heterocycles. The number of aromatic amines is 1. The molecule has 1 fully saturated rings. The fourth-order valence-electron chi connectivity index (χ4n) is 4.33. The zero-order chi connectivity index (χ0) is 22.2. The maximum Gasteiger partial charge on any atom is 0.228 e. The molecule has 4 heterocycles. The van der Waals surface area contributed by atoms with E-state index < -0.39 is 0 Å². The van der Waals surface area contributed by atoms with E-state index in [1.807, 2.05) is 19.2 Å². The Morgan fingerprint density at radius 2 is 1.94 bits per heavy atom. The van der Waals surface area contributed by atoms with Crippen LogP contribution in [0.3, 0.4) is 0 Å². The monoisotopic (exact) mass is 429 g/mol. The van der Waals surface area contributed by atoms with E-state index in [1.165, 1.54) is 5.69 Å². The second kappa shape index (κ2) is 8.20. The van der Waals surface area contributed by atoms with Gasteiger partial charge in [0.25, 0.3) is 0 Å². The molecule has 0 atom stereocenters. The average Bonchev–Trinajstić information content (AvgIpc) is 3.44. The van der Waals surface area contributed by atoms with Gasteiger partial charge in [-0.25, -0.2) is 15.0 Å². The number of aryl methyl sites for hydroxylation is 1. The number of fused-ring (bicyclic) bond motifs is 1. The topological polar surface area (TPSA) is 82.9 Å². The third-order valence-corrected chi connectivity index (χ3v) is 6.22. The molecule has 1 aliphatic rings. The SMILES string of the molecule is Cc1cn(-c2cc(C(=O)c3nc4ccc(N5CCC(N(C)C)CC5)cc4[nH]3)ccn2)cn1. The second-order valence-corrected chi connectivity index (χ2v) is 8.62. The Bertz CT molecular complexity index is 1260. The number of carbonyl (C=O) groups excluding carboxylic acids is 1. The molecule has 0 spiro atoms. The van der Waals surface area contributed by atoms with E-state index in [1.54, 1.807) is 29.2 Å². The highest BCUT2D eigenvalue weighted by atomic mass is 16.1. The third-order valence-electron chi connectivity index (χ3n) is 6.22. The van der Waals surface area contributed by atoms with E-state index in [-0.39, 0.29) is 5.78 Å². The Kier molecular flexibility index (Phi) is 5.22. The number of H-pyrrole nitrogens is 1. The van der Waals surface area contributed by atoms with E-state index in [0.29, 0.717) is 23.2 Å². The summed E-state index contributed by atoms with van der Waals surface area (Å²) in [6.07, 6.45) is 7.50. The van der Waals surface area contributed by atoms with Crippen LogP contribution in [0.15, 0.2) is 49.1 Å². The fourth-order valence-corrected chi connectivity index (χ4v) is 4.33. The largest absolute Gasteiger partial charge is 0.371 e. The van der Waals surface area contributed by atoms with Gasteiger partial charge in [-0.05, 0) is 64.2 Å². The van der Waals surface area contributed by atoms with Crippen LogP contribution in [0.25, 0.3) is 16.9 Å². The van der Waals surface area contributed by atoms with Crippen molar-refractivity contribution in [3.8, 4) is 5.82 Å². The van der Waals surface area contributed by atoms with Crippen molar-refractivity contribution in [3.63, 3.8) is 0 Å². The fraction of sp³-hybridized carbons (Fsp3) is 0.333. The number of rotatable bonds is 5. The normalized spacial score (nSPS) is 15.1. The Labute approximate surface area is 186 Å². The number of carbonyl (C=O) groups is 1.